The van der Waals surface area contributed by atoms with Crippen LogP contribution < -0.4 is 0 Å². The summed E-state index contributed by atoms with van der Waals surface area (Å²) >= 11 is 0. The first-order valence-corrected chi connectivity index (χ1v) is 4.86. The molecule has 0 saturated carbocycles. The van der Waals surface area contributed by atoms with Gasteiger partial charge in [-0.25, -0.2) is 4.79 Å². The van der Waals surface area contributed by atoms with E-state index in [4.69, 9.17) is 9.63 Å². The normalized spacial score (nSPS) is 13.9. The van der Waals surface area contributed by atoms with E-state index >= 15 is 0 Å². The van der Waals surface area contributed by atoms with Gasteiger partial charge < -0.3 is 9.63 Å². The van der Waals surface area contributed by atoms with Crippen LogP contribution in [0.5, 0.6) is 0 Å². The quantitative estimate of drug-likeness (QED) is 0.829. The molecule has 0 aromatic carbocycles. The van der Waals surface area contributed by atoms with E-state index in [1.54, 1.807) is 0 Å². The molecular weight excluding hydrogens is 196 g/mol. The summed E-state index contributed by atoms with van der Waals surface area (Å²) in [4.78, 5) is 14.3. The fraction of sp³-hybridized carbons (Fsp3) is 0.700. The molecule has 0 saturated heterocycles. The van der Waals surface area contributed by atoms with E-state index in [9.17, 15) is 4.79 Å². The van der Waals surface area contributed by atoms with E-state index in [2.05, 4.69) is 37.8 Å². The van der Waals surface area contributed by atoms with Gasteiger partial charge in [0.1, 0.15) is 0 Å². The summed E-state index contributed by atoms with van der Waals surface area (Å²) in [7, 11) is 0. The number of rotatable bonds is 3. The average Bonchev–Trinajstić information content (AvgIpc) is 2.50. The van der Waals surface area contributed by atoms with Crippen molar-refractivity contribution in [2.24, 2.45) is 11.3 Å². The number of hydrogen-bond donors (Lipinski definition) is 1. The third-order valence-corrected chi connectivity index (χ3v) is 2.62. The van der Waals surface area contributed by atoms with E-state index in [1.807, 2.05) is 0 Å². The minimum absolute atomic E-state index is 0.137. The predicted molar refractivity (Wildman–Crippen MR) is 53.6 cm³/mol. The maximum atomic E-state index is 10.5. The van der Waals surface area contributed by atoms with E-state index in [1.165, 1.54) is 0 Å². The third kappa shape index (κ3) is 3.04. The lowest BCUT2D eigenvalue weighted by molar-refractivity contribution is 0.0680. The number of nitrogens with zero attached hydrogens (tertiary/aromatic N) is 2. The van der Waals surface area contributed by atoms with Gasteiger partial charge in [0.05, 0.1) is 0 Å². The minimum Gasteiger partial charge on any atom is -0.475 e. The topological polar surface area (TPSA) is 76.2 Å². The molecule has 1 atom stereocenters. The Bertz CT molecular complexity index is 352. The maximum absolute atomic E-state index is 10.5. The fourth-order valence-corrected chi connectivity index (χ4v) is 0.993. The van der Waals surface area contributed by atoms with Crippen LogP contribution in [0.15, 0.2) is 4.52 Å². The van der Waals surface area contributed by atoms with Gasteiger partial charge in [-0.2, -0.15) is 4.98 Å². The molecule has 0 bridgehead atoms. The van der Waals surface area contributed by atoms with Crippen molar-refractivity contribution >= 4 is 5.97 Å². The Kier molecular flexibility index (Phi) is 3.12. The minimum atomic E-state index is -1.16. The highest BCUT2D eigenvalue weighted by Crippen LogP contribution is 2.27. The zero-order valence-electron chi connectivity index (χ0n) is 9.44. The van der Waals surface area contributed by atoms with Crippen LogP contribution >= 0.6 is 0 Å². The smallest absolute Gasteiger partial charge is 0.377 e. The predicted octanol–water partition coefficient (Wildman–Crippen LogP) is 1.99. The highest BCUT2D eigenvalue weighted by atomic mass is 16.5. The Morgan fingerprint density at radius 2 is 2.13 bits per heavy atom. The van der Waals surface area contributed by atoms with Gasteiger partial charge in [-0.05, 0) is 16.5 Å². The first-order chi connectivity index (χ1) is 6.80. The number of carboxylic acid groups (broad SMARTS) is 1. The van der Waals surface area contributed by atoms with Crippen LogP contribution in [0.4, 0.5) is 0 Å². The molecule has 0 spiro atoms. The molecule has 1 N–H and O–H groups in total. The van der Waals surface area contributed by atoms with Crippen LogP contribution in [0.25, 0.3) is 0 Å². The van der Waals surface area contributed by atoms with E-state index in [0.717, 1.165) is 0 Å². The lowest BCUT2D eigenvalue weighted by atomic mass is 9.80. The number of carboxylic acids is 1. The van der Waals surface area contributed by atoms with Crippen molar-refractivity contribution in [1.29, 1.82) is 0 Å². The van der Waals surface area contributed by atoms with Gasteiger partial charge in [0.15, 0.2) is 0 Å². The van der Waals surface area contributed by atoms with Gasteiger partial charge in [-0.3, -0.25) is 0 Å². The molecule has 0 aliphatic carbocycles. The first kappa shape index (κ1) is 11.7. The Hall–Kier alpha value is -1.39. The Labute approximate surface area is 88.5 Å². The van der Waals surface area contributed by atoms with E-state index in [-0.39, 0.29) is 11.2 Å². The zero-order valence-corrected chi connectivity index (χ0v) is 9.44. The molecule has 0 amide bonds. The summed E-state index contributed by atoms with van der Waals surface area (Å²) < 4.78 is 4.85. The molecule has 84 valence electrons. The van der Waals surface area contributed by atoms with Crippen LogP contribution in [0.3, 0.4) is 0 Å². The van der Waals surface area contributed by atoms with Crippen molar-refractivity contribution in [2.45, 2.75) is 34.1 Å². The Morgan fingerprint density at radius 1 is 1.53 bits per heavy atom. The first-order valence-electron chi connectivity index (χ1n) is 4.86. The number of hydrogen-bond acceptors (Lipinski definition) is 4. The van der Waals surface area contributed by atoms with Crippen molar-refractivity contribution in [3.63, 3.8) is 0 Å². The van der Waals surface area contributed by atoms with Crippen LogP contribution in [0.1, 0.15) is 44.2 Å². The molecule has 5 nitrogen and oxygen atoms in total. The SMILES string of the molecule is CC(Cc1nc(C(=O)O)no1)C(C)(C)C. The summed E-state index contributed by atoms with van der Waals surface area (Å²) in [5, 5.41) is 12.0. The monoisotopic (exact) mass is 212 g/mol. The highest BCUT2D eigenvalue weighted by molar-refractivity contribution is 5.82. The van der Waals surface area contributed by atoms with Gasteiger partial charge in [0, 0.05) is 6.42 Å². The summed E-state index contributed by atoms with van der Waals surface area (Å²) in [6.45, 7) is 8.43. The van der Waals surface area contributed by atoms with Crippen molar-refractivity contribution in [2.75, 3.05) is 0 Å². The lowest BCUT2D eigenvalue weighted by Gasteiger charge is -2.25. The van der Waals surface area contributed by atoms with Crippen LogP contribution in [-0.4, -0.2) is 21.2 Å². The van der Waals surface area contributed by atoms with Crippen LogP contribution in [0, 0.1) is 11.3 Å². The lowest BCUT2D eigenvalue weighted by Crippen LogP contribution is -2.19. The van der Waals surface area contributed by atoms with Crippen molar-refractivity contribution < 1.29 is 14.4 Å². The summed E-state index contributed by atoms with van der Waals surface area (Å²) in [5.74, 6) is -0.700. The molecule has 0 aliphatic heterocycles. The second-order valence-corrected chi connectivity index (χ2v) is 4.79. The number of aromatic carboxylic acids is 1. The van der Waals surface area contributed by atoms with Crippen molar-refractivity contribution in [3.05, 3.63) is 11.7 Å². The Balaban J connectivity index is 2.69. The second kappa shape index (κ2) is 4.00. The summed E-state index contributed by atoms with van der Waals surface area (Å²) in [6.07, 6.45) is 0.601. The zero-order chi connectivity index (χ0) is 11.6. The molecular formula is C10H16N2O3. The second-order valence-electron chi connectivity index (χ2n) is 4.79. The number of aromatic nitrogens is 2. The molecule has 1 unspecified atom stereocenters. The largest absolute Gasteiger partial charge is 0.475 e. The van der Waals surface area contributed by atoms with Gasteiger partial charge >= 0.3 is 5.97 Å². The van der Waals surface area contributed by atoms with Gasteiger partial charge in [-0.15, -0.1) is 0 Å². The van der Waals surface area contributed by atoms with Crippen LogP contribution in [0.2, 0.25) is 0 Å². The molecule has 1 aromatic rings. The molecule has 1 rings (SSSR count). The molecule has 5 heteroatoms. The standard InChI is InChI=1S/C10H16N2O3/c1-6(10(2,3)4)5-7-11-8(9(13)14)12-15-7/h6H,5H2,1-4H3,(H,13,14). The van der Waals surface area contributed by atoms with Crippen molar-refractivity contribution in [1.82, 2.24) is 10.1 Å². The molecule has 0 radical (unpaired) electrons. The summed E-state index contributed by atoms with van der Waals surface area (Å²) in [6, 6.07) is 0. The van der Waals surface area contributed by atoms with Gasteiger partial charge in [0.2, 0.25) is 5.89 Å². The fourth-order valence-electron chi connectivity index (χ4n) is 0.993. The van der Waals surface area contributed by atoms with Crippen molar-refractivity contribution in [3.8, 4) is 0 Å². The highest BCUT2D eigenvalue weighted by Gasteiger charge is 2.23. The third-order valence-electron chi connectivity index (χ3n) is 2.62. The summed E-state index contributed by atoms with van der Waals surface area (Å²) in [5.41, 5.74) is 0.137. The number of carbonyl (C=O) groups is 1. The average molecular weight is 212 g/mol. The van der Waals surface area contributed by atoms with E-state index < -0.39 is 5.97 Å². The maximum Gasteiger partial charge on any atom is 0.377 e. The van der Waals surface area contributed by atoms with Gasteiger partial charge in [0.25, 0.3) is 5.82 Å². The molecule has 0 aliphatic rings. The molecule has 1 heterocycles. The van der Waals surface area contributed by atoms with Crippen LogP contribution in [-0.2, 0) is 6.42 Å². The Morgan fingerprint density at radius 3 is 2.53 bits per heavy atom. The molecule has 15 heavy (non-hydrogen) atoms. The van der Waals surface area contributed by atoms with E-state index in [0.29, 0.717) is 18.2 Å². The molecule has 1 aromatic heterocycles. The molecule has 0 fully saturated rings. The van der Waals surface area contributed by atoms with Gasteiger partial charge in [-0.1, -0.05) is 27.7 Å².